The third-order valence-electron chi connectivity index (χ3n) is 2.98. The molecule has 2 atom stereocenters. The van der Waals surface area contributed by atoms with Crippen LogP contribution in [-0.2, 0) is 6.42 Å². The second kappa shape index (κ2) is 3.15. The lowest BCUT2D eigenvalue weighted by Crippen LogP contribution is -2.18. The smallest absolute Gasteiger partial charge is 0.0651 e. The molecule has 0 spiro atoms. The molecule has 0 saturated carbocycles. The Labute approximate surface area is 79.4 Å². The van der Waals surface area contributed by atoms with Gasteiger partial charge in [-0.2, -0.15) is 0 Å². The fraction of sp³-hybridized carbons (Fsp3) is 0.500. The van der Waals surface area contributed by atoms with Gasteiger partial charge in [-0.15, -0.1) is 0 Å². The molecule has 0 amide bonds. The van der Waals surface area contributed by atoms with Gasteiger partial charge in [-0.3, -0.25) is 0 Å². The lowest BCUT2D eigenvalue weighted by molar-refractivity contribution is 0.136. The Kier molecular flexibility index (Phi) is 2.12. The van der Waals surface area contributed by atoms with Gasteiger partial charge < -0.3 is 5.11 Å². The highest BCUT2D eigenvalue weighted by molar-refractivity contribution is 5.37. The topological polar surface area (TPSA) is 20.2 Å². The zero-order valence-electron chi connectivity index (χ0n) is 8.20. The van der Waals surface area contributed by atoms with Crippen LogP contribution in [0.2, 0.25) is 0 Å². The van der Waals surface area contributed by atoms with Gasteiger partial charge in [0.25, 0.3) is 0 Å². The van der Waals surface area contributed by atoms with E-state index in [2.05, 4.69) is 32.0 Å². The second-order valence-electron chi connectivity index (χ2n) is 4.24. The number of hydrogen-bond acceptors (Lipinski definition) is 1. The lowest BCUT2D eigenvalue weighted by atomic mass is 9.89. The number of rotatable bonds is 1. The van der Waals surface area contributed by atoms with Gasteiger partial charge in [0.15, 0.2) is 0 Å². The fourth-order valence-electron chi connectivity index (χ4n) is 2.41. The SMILES string of the molecule is CC(C)C1c2ccccc2CC1O. The average Bonchev–Trinajstić information content (AvgIpc) is 2.39. The van der Waals surface area contributed by atoms with Crippen molar-refractivity contribution >= 4 is 0 Å². The maximum atomic E-state index is 9.88. The van der Waals surface area contributed by atoms with Crippen molar-refractivity contribution in [2.45, 2.75) is 32.3 Å². The van der Waals surface area contributed by atoms with E-state index in [0.717, 1.165) is 6.42 Å². The number of benzene rings is 1. The van der Waals surface area contributed by atoms with E-state index in [-0.39, 0.29) is 6.10 Å². The van der Waals surface area contributed by atoms with Crippen LogP contribution < -0.4 is 0 Å². The summed E-state index contributed by atoms with van der Waals surface area (Å²) in [5.74, 6) is 0.870. The number of hydrogen-bond donors (Lipinski definition) is 1. The first-order valence-electron chi connectivity index (χ1n) is 4.96. The Hall–Kier alpha value is -0.820. The fourth-order valence-corrected chi connectivity index (χ4v) is 2.41. The van der Waals surface area contributed by atoms with E-state index in [1.807, 2.05) is 6.07 Å². The molecule has 1 aromatic carbocycles. The third kappa shape index (κ3) is 1.37. The first kappa shape index (κ1) is 8.76. The highest BCUT2D eigenvalue weighted by Gasteiger charge is 2.32. The summed E-state index contributed by atoms with van der Waals surface area (Å²) in [4.78, 5) is 0. The highest BCUT2D eigenvalue weighted by Crippen LogP contribution is 2.37. The molecule has 70 valence electrons. The second-order valence-corrected chi connectivity index (χ2v) is 4.24. The van der Waals surface area contributed by atoms with E-state index in [9.17, 15) is 5.11 Å². The van der Waals surface area contributed by atoms with Crippen molar-refractivity contribution in [3.05, 3.63) is 35.4 Å². The van der Waals surface area contributed by atoms with E-state index in [1.165, 1.54) is 11.1 Å². The van der Waals surface area contributed by atoms with Gasteiger partial charge in [0, 0.05) is 5.92 Å². The Morgan fingerprint density at radius 1 is 1.31 bits per heavy atom. The molecule has 0 radical (unpaired) electrons. The Balaban J connectivity index is 2.40. The molecule has 0 heterocycles. The maximum absolute atomic E-state index is 9.88. The maximum Gasteiger partial charge on any atom is 0.0651 e. The number of fused-ring (bicyclic) bond motifs is 1. The molecule has 1 heteroatoms. The summed E-state index contributed by atoms with van der Waals surface area (Å²) in [6, 6.07) is 8.39. The van der Waals surface area contributed by atoms with Gasteiger partial charge in [-0.05, 0) is 23.5 Å². The molecule has 0 aliphatic heterocycles. The average molecular weight is 176 g/mol. The summed E-state index contributed by atoms with van der Waals surface area (Å²) >= 11 is 0. The minimum absolute atomic E-state index is 0.169. The predicted octanol–water partition coefficient (Wildman–Crippen LogP) is 2.34. The monoisotopic (exact) mass is 176 g/mol. The van der Waals surface area contributed by atoms with Crippen LogP contribution in [0.15, 0.2) is 24.3 Å². The Morgan fingerprint density at radius 2 is 2.00 bits per heavy atom. The molecule has 1 N–H and O–H groups in total. The third-order valence-corrected chi connectivity index (χ3v) is 2.98. The van der Waals surface area contributed by atoms with Gasteiger partial charge >= 0.3 is 0 Å². The van der Waals surface area contributed by atoms with Gasteiger partial charge in [-0.1, -0.05) is 38.1 Å². The molecule has 0 saturated heterocycles. The standard InChI is InChI=1S/C12H16O/c1-8(2)12-10-6-4-3-5-9(10)7-11(12)13/h3-6,8,11-13H,7H2,1-2H3. The molecule has 2 unspecified atom stereocenters. The van der Waals surface area contributed by atoms with Crippen molar-refractivity contribution in [2.24, 2.45) is 5.92 Å². The molecule has 1 aliphatic carbocycles. The van der Waals surface area contributed by atoms with E-state index < -0.39 is 0 Å². The first-order chi connectivity index (χ1) is 6.20. The lowest BCUT2D eigenvalue weighted by Gasteiger charge is -2.19. The van der Waals surface area contributed by atoms with Crippen LogP contribution in [0.3, 0.4) is 0 Å². The Morgan fingerprint density at radius 3 is 2.69 bits per heavy atom. The van der Waals surface area contributed by atoms with Crippen LogP contribution in [0.4, 0.5) is 0 Å². The number of aliphatic hydroxyl groups is 1. The summed E-state index contributed by atoms with van der Waals surface area (Å²) in [7, 11) is 0. The molecule has 13 heavy (non-hydrogen) atoms. The number of aliphatic hydroxyl groups excluding tert-OH is 1. The van der Waals surface area contributed by atoms with Crippen molar-refractivity contribution in [3.63, 3.8) is 0 Å². The van der Waals surface area contributed by atoms with E-state index in [4.69, 9.17) is 0 Å². The van der Waals surface area contributed by atoms with E-state index in [0.29, 0.717) is 11.8 Å². The molecule has 1 aliphatic rings. The zero-order chi connectivity index (χ0) is 9.42. The molecular formula is C12H16O. The molecule has 0 bridgehead atoms. The van der Waals surface area contributed by atoms with Crippen molar-refractivity contribution in [3.8, 4) is 0 Å². The quantitative estimate of drug-likeness (QED) is 0.696. The molecule has 1 nitrogen and oxygen atoms in total. The molecule has 0 fully saturated rings. The molecule has 0 aromatic heterocycles. The minimum Gasteiger partial charge on any atom is -0.392 e. The van der Waals surface area contributed by atoms with E-state index >= 15 is 0 Å². The first-order valence-corrected chi connectivity index (χ1v) is 4.96. The van der Waals surface area contributed by atoms with Gasteiger partial charge in [0.1, 0.15) is 0 Å². The predicted molar refractivity (Wildman–Crippen MR) is 53.7 cm³/mol. The zero-order valence-corrected chi connectivity index (χ0v) is 8.20. The summed E-state index contributed by atoms with van der Waals surface area (Å²) in [6.07, 6.45) is 0.663. The van der Waals surface area contributed by atoms with E-state index in [1.54, 1.807) is 0 Å². The minimum atomic E-state index is -0.169. The summed E-state index contributed by atoms with van der Waals surface area (Å²) < 4.78 is 0. The van der Waals surface area contributed by atoms with Crippen molar-refractivity contribution in [1.82, 2.24) is 0 Å². The summed E-state index contributed by atoms with van der Waals surface area (Å²) in [5, 5.41) is 9.88. The van der Waals surface area contributed by atoms with Gasteiger partial charge in [0.2, 0.25) is 0 Å². The van der Waals surface area contributed by atoms with Crippen molar-refractivity contribution in [2.75, 3.05) is 0 Å². The van der Waals surface area contributed by atoms with Crippen LogP contribution >= 0.6 is 0 Å². The largest absolute Gasteiger partial charge is 0.392 e. The molecule has 2 rings (SSSR count). The summed E-state index contributed by atoms with van der Waals surface area (Å²) in [5.41, 5.74) is 2.68. The highest BCUT2D eigenvalue weighted by atomic mass is 16.3. The normalized spacial score (nSPS) is 26.5. The van der Waals surface area contributed by atoms with Gasteiger partial charge in [-0.25, -0.2) is 0 Å². The van der Waals surface area contributed by atoms with Gasteiger partial charge in [0.05, 0.1) is 6.10 Å². The van der Waals surface area contributed by atoms with Crippen LogP contribution in [0.25, 0.3) is 0 Å². The van der Waals surface area contributed by atoms with Crippen LogP contribution in [-0.4, -0.2) is 11.2 Å². The van der Waals surface area contributed by atoms with Crippen molar-refractivity contribution in [1.29, 1.82) is 0 Å². The van der Waals surface area contributed by atoms with Crippen molar-refractivity contribution < 1.29 is 5.11 Å². The summed E-state index contributed by atoms with van der Waals surface area (Å²) in [6.45, 7) is 4.35. The van der Waals surface area contributed by atoms with Crippen LogP contribution in [0.5, 0.6) is 0 Å². The Bertz CT molecular complexity index is 304. The molecular weight excluding hydrogens is 160 g/mol. The van der Waals surface area contributed by atoms with Crippen LogP contribution in [0.1, 0.15) is 30.9 Å². The molecule has 1 aromatic rings. The van der Waals surface area contributed by atoms with Crippen LogP contribution in [0, 0.1) is 5.92 Å².